The third kappa shape index (κ3) is 6.38. The molecule has 0 atom stereocenters. The van der Waals surface area contributed by atoms with Gasteiger partial charge in [0.05, 0.1) is 23.6 Å². The first-order valence-electron chi connectivity index (χ1n) is 10.3. The van der Waals surface area contributed by atoms with Gasteiger partial charge in [-0.1, -0.05) is 23.7 Å². The second-order valence-corrected chi connectivity index (χ2v) is 7.82. The molecule has 0 aliphatic rings. The molecule has 12 heteroatoms. The minimum Gasteiger partial charge on any atom is -0.464 e. The maximum atomic E-state index is 13.0. The number of aryl methyl sites for hydroxylation is 1. The number of hydrogen-bond acceptors (Lipinski definition) is 7. The molecule has 0 saturated carbocycles. The smallest absolute Gasteiger partial charge is 0.417 e. The lowest BCUT2D eigenvalue weighted by atomic mass is 10.1. The quantitative estimate of drug-likeness (QED) is 0.353. The normalized spacial score (nSPS) is 11.5. The van der Waals surface area contributed by atoms with Gasteiger partial charge in [0.25, 0.3) is 11.6 Å². The number of ether oxygens (including phenoxy) is 2. The van der Waals surface area contributed by atoms with E-state index in [2.05, 4.69) is 20.2 Å². The van der Waals surface area contributed by atoms with Gasteiger partial charge in [-0.2, -0.15) is 18.2 Å². The zero-order valence-electron chi connectivity index (χ0n) is 18.2. The molecular weight excluding hydrogens is 489 g/mol. The predicted octanol–water partition coefficient (Wildman–Crippen LogP) is 5.14. The fourth-order valence-electron chi connectivity index (χ4n) is 3.09. The maximum Gasteiger partial charge on any atom is 0.417 e. The molecule has 2 heterocycles. The van der Waals surface area contributed by atoms with Gasteiger partial charge in [-0.25, -0.2) is 0 Å². The Morgan fingerprint density at radius 2 is 1.83 bits per heavy atom. The molecule has 0 fully saturated rings. The van der Waals surface area contributed by atoms with Gasteiger partial charge in [0.2, 0.25) is 11.8 Å². The van der Waals surface area contributed by atoms with Crippen LogP contribution >= 0.6 is 11.6 Å². The Kier molecular flexibility index (Phi) is 7.06. The van der Waals surface area contributed by atoms with Crippen molar-refractivity contribution in [1.82, 2.24) is 20.2 Å². The molecule has 0 aliphatic heterocycles. The zero-order valence-corrected chi connectivity index (χ0v) is 19.0. The molecule has 0 spiro atoms. The molecule has 2 aromatic heterocycles. The number of hydrogen-bond donors (Lipinski definition) is 1. The summed E-state index contributed by atoms with van der Waals surface area (Å²) in [5.41, 5.74) is -0.184. The Hall–Kier alpha value is -3.86. The van der Waals surface area contributed by atoms with Crippen LogP contribution in [0.4, 0.5) is 13.2 Å². The number of alkyl halides is 3. The minimum atomic E-state index is -4.58. The number of nitrogens with zero attached hydrogens (tertiary/aromatic N) is 3. The summed E-state index contributed by atoms with van der Waals surface area (Å²) < 4.78 is 55.3. The topological polar surface area (TPSA) is 103 Å². The summed E-state index contributed by atoms with van der Waals surface area (Å²) in [5.74, 6) is 1.10. The van der Waals surface area contributed by atoms with Gasteiger partial charge in [0.1, 0.15) is 11.5 Å². The van der Waals surface area contributed by atoms with E-state index in [4.69, 9.17) is 25.5 Å². The fraction of sp³-hybridized carbons (Fsp3) is 0.217. The summed E-state index contributed by atoms with van der Waals surface area (Å²) in [6.07, 6.45) is -2.44. The van der Waals surface area contributed by atoms with Crippen LogP contribution in [-0.2, 0) is 19.0 Å². The predicted molar refractivity (Wildman–Crippen MR) is 119 cm³/mol. The standard InChI is InChI=1S/C23H18ClF3N4O4/c1-13-30-31-20(34-13)10-15-12-28-22(29-21(15)32)33-9-8-14-2-4-16(5-3-14)35-17-6-7-19(24)18(11-17)23(25,26)27/h2-7,11-12H,8-10H2,1H3,(H,28,29,32). The lowest BCUT2D eigenvalue weighted by molar-refractivity contribution is -0.137. The Morgan fingerprint density at radius 3 is 2.49 bits per heavy atom. The first kappa shape index (κ1) is 24.3. The number of rotatable bonds is 8. The molecule has 0 aliphatic carbocycles. The number of aromatic nitrogens is 4. The van der Waals surface area contributed by atoms with Crippen LogP contribution in [0.15, 0.2) is 57.9 Å². The highest BCUT2D eigenvalue weighted by atomic mass is 35.5. The van der Waals surface area contributed by atoms with Gasteiger partial charge in [-0.05, 0) is 35.9 Å². The fourth-order valence-corrected chi connectivity index (χ4v) is 3.31. The number of halogens is 4. The number of nitrogens with one attached hydrogen (secondary N) is 1. The van der Waals surface area contributed by atoms with Crippen molar-refractivity contribution in [3.05, 3.63) is 92.5 Å². The van der Waals surface area contributed by atoms with Crippen LogP contribution < -0.4 is 15.0 Å². The Bertz CT molecular complexity index is 1370. The van der Waals surface area contributed by atoms with Crippen LogP contribution in [0.3, 0.4) is 0 Å². The number of H-pyrrole nitrogens is 1. The van der Waals surface area contributed by atoms with Crippen molar-refractivity contribution in [2.24, 2.45) is 0 Å². The van der Waals surface area contributed by atoms with Crippen molar-refractivity contribution >= 4 is 11.6 Å². The first-order chi connectivity index (χ1) is 16.7. The zero-order chi connectivity index (χ0) is 25.0. The summed E-state index contributed by atoms with van der Waals surface area (Å²) in [7, 11) is 0. The molecule has 0 unspecified atom stereocenters. The van der Waals surface area contributed by atoms with E-state index in [0.29, 0.717) is 29.5 Å². The molecule has 1 N–H and O–H groups in total. The molecular formula is C23H18ClF3N4O4. The van der Waals surface area contributed by atoms with E-state index in [1.54, 1.807) is 31.2 Å². The third-order valence-corrected chi connectivity index (χ3v) is 5.12. The Labute approximate surface area is 201 Å². The largest absolute Gasteiger partial charge is 0.464 e. The summed E-state index contributed by atoms with van der Waals surface area (Å²) in [5, 5.41) is 7.16. The average molecular weight is 507 g/mol. The van der Waals surface area contributed by atoms with Gasteiger partial charge in [-0.3, -0.25) is 4.79 Å². The van der Waals surface area contributed by atoms with E-state index in [0.717, 1.165) is 17.7 Å². The van der Waals surface area contributed by atoms with E-state index in [1.165, 1.54) is 12.3 Å². The van der Waals surface area contributed by atoms with Crippen molar-refractivity contribution in [2.75, 3.05) is 6.61 Å². The molecule has 4 aromatic rings. The van der Waals surface area contributed by atoms with Crippen molar-refractivity contribution in [3.63, 3.8) is 0 Å². The molecule has 0 amide bonds. The molecule has 0 saturated heterocycles. The third-order valence-electron chi connectivity index (χ3n) is 4.79. The summed E-state index contributed by atoms with van der Waals surface area (Å²) in [6, 6.07) is 10.2. The van der Waals surface area contributed by atoms with Gasteiger partial charge >= 0.3 is 6.18 Å². The second-order valence-electron chi connectivity index (χ2n) is 7.41. The Balaban J connectivity index is 1.30. The molecule has 182 valence electrons. The molecule has 0 bridgehead atoms. The Morgan fingerprint density at radius 1 is 1.09 bits per heavy atom. The monoisotopic (exact) mass is 506 g/mol. The lowest BCUT2D eigenvalue weighted by Crippen LogP contribution is -2.16. The molecule has 4 rings (SSSR count). The highest BCUT2D eigenvalue weighted by Crippen LogP contribution is 2.37. The molecule has 2 aromatic carbocycles. The van der Waals surface area contributed by atoms with E-state index in [9.17, 15) is 18.0 Å². The van der Waals surface area contributed by atoms with E-state index < -0.39 is 22.3 Å². The molecule has 8 nitrogen and oxygen atoms in total. The summed E-state index contributed by atoms with van der Waals surface area (Å²) in [4.78, 5) is 18.9. The SMILES string of the molecule is Cc1nnc(Cc2c[nH]c(OCCc3ccc(Oc4ccc(Cl)c(C(F)(F)F)c4)cc3)nc2=O)o1. The van der Waals surface area contributed by atoms with Crippen molar-refractivity contribution in [1.29, 1.82) is 0 Å². The minimum absolute atomic E-state index is 0.0190. The average Bonchev–Trinajstić information content (AvgIpc) is 3.22. The first-order valence-corrected chi connectivity index (χ1v) is 10.7. The van der Waals surface area contributed by atoms with Crippen LogP contribution in [-0.4, -0.2) is 26.8 Å². The highest BCUT2D eigenvalue weighted by Gasteiger charge is 2.33. The van der Waals surface area contributed by atoms with E-state index in [1.807, 2.05) is 0 Å². The van der Waals surface area contributed by atoms with E-state index in [-0.39, 0.29) is 24.8 Å². The van der Waals surface area contributed by atoms with Crippen LogP contribution in [0.5, 0.6) is 17.5 Å². The van der Waals surface area contributed by atoms with Crippen molar-refractivity contribution < 1.29 is 27.1 Å². The van der Waals surface area contributed by atoms with Crippen molar-refractivity contribution in [3.8, 4) is 17.5 Å². The molecule has 35 heavy (non-hydrogen) atoms. The van der Waals surface area contributed by atoms with Crippen LogP contribution in [0.1, 0.15) is 28.5 Å². The summed E-state index contributed by atoms with van der Waals surface area (Å²) in [6.45, 7) is 1.89. The van der Waals surface area contributed by atoms with Gasteiger partial charge < -0.3 is 18.9 Å². The lowest BCUT2D eigenvalue weighted by Gasteiger charge is -2.12. The van der Waals surface area contributed by atoms with Crippen LogP contribution in [0.25, 0.3) is 0 Å². The number of aromatic amines is 1. The second kappa shape index (κ2) is 10.2. The van der Waals surface area contributed by atoms with E-state index >= 15 is 0 Å². The van der Waals surface area contributed by atoms with Crippen LogP contribution in [0.2, 0.25) is 5.02 Å². The highest BCUT2D eigenvalue weighted by molar-refractivity contribution is 6.31. The van der Waals surface area contributed by atoms with Gasteiger partial charge in [-0.15, -0.1) is 10.2 Å². The van der Waals surface area contributed by atoms with Gasteiger partial charge in [0, 0.05) is 25.1 Å². The molecule has 0 radical (unpaired) electrons. The van der Waals surface area contributed by atoms with Gasteiger partial charge in [0.15, 0.2) is 0 Å². The van der Waals surface area contributed by atoms with Crippen LogP contribution in [0, 0.1) is 6.92 Å². The summed E-state index contributed by atoms with van der Waals surface area (Å²) >= 11 is 5.63. The number of benzene rings is 2. The van der Waals surface area contributed by atoms with Crippen molar-refractivity contribution in [2.45, 2.75) is 25.9 Å². The maximum absolute atomic E-state index is 13.0.